The summed E-state index contributed by atoms with van der Waals surface area (Å²) in [5, 5.41) is 15.8. The van der Waals surface area contributed by atoms with Crippen molar-refractivity contribution < 1.29 is 14.6 Å². The van der Waals surface area contributed by atoms with Crippen LogP contribution in [0.25, 0.3) is 0 Å². The van der Waals surface area contributed by atoms with Gasteiger partial charge in [0.2, 0.25) is 0 Å². The summed E-state index contributed by atoms with van der Waals surface area (Å²) in [6.45, 7) is 0.0579. The molecule has 4 bridgehead atoms. The molecule has 29 heavy (non-hydrogen) atoms. The standard InChI is InChI=1S/C24H34N2O3/c27-15-16-1-5-21(6-2-16)29-22-7-3-20(4-8-22)25-23(28)26-24-12-17-9-18(13-24)11-19(10-17)14-24/h1-2,5-6,17-20,22,27H,3-4,7-15H2,(H2,25,26,28). The predicted molar refractivity (Wildman–Crippen MR) is 112 cm³/mol. The van der Waals surface area contributed by atoms with Crippen LogP contribution in [0.4, 0.5) is 4.79 Å². The van der Waals surface area contributed by atoms with Gasteiger partial charge in [-0.1, -0.05) is 12.1 Å². The Balaban J connectivity index is 1.08. The van der Waals surface area contributed by atoms with Crippen LogP contribution in [0.5, 0.6) is 5.75 Å². The number of benzene rings is 1. The molecule has 6 rings (SSSR count). The maximum atomic E-state index is 12.8. The SMILES string of the molecule is O=C(NC1CCC(Oc2ccc(CO)cc2)CC1)NC12CC3CC(CC(C3)C1)C2. The van der Waals surface area contributed by atoms with E-state index in [1.54, 1.807) is 0 Å². The first kappa shape index (κ1) is 19.2. The molecule has 5 aliphatic rings. The smallest absolute Gasteiger partial charge is 0.315 e. The molecule has 0 aliphatic heterocycles. The van der Waals surface area contributed by atoms with Gasteiger partial charge in [-0.05, 0) is 99.7 Å². The van der Waals surface area contributed by atoms with E-state index in [0.717, 1.165) is 54.7 Å². The molecule has 3 N–H and O–H groups in total. The normalized spacial score (nSPS) is 37.9. The summed E-state index contributed by atoms with van der Waals surface area (Å²) >= 11 is 0. The Hall–Kier alpha value is -1.75. The first-order valence-corrected chi connectivity index (χ1v) is 11.5. The maximum absolute atomic E-state index is 12.8. The molecule has 158 valence electrons. The molecule has 1 aromatic carbocycles. The van der Waals surface area contributed by atoms with E-state index in [0.29, 0.717) is 0 Å². The highest BCUT2D eigenvalue weighted by Gasteiger charge is 2.51. The van der Waals surface area contributed by atoms with Crippen LogP contribution in [-0.2, 0) is 6.61 Å². The van der Waals surface area contributed by atoms with E-state index >= 15 is 0 Å². The summed E-state index contributed by atoms with van der Waals surface area (Å²) in [5.41, 5.74) is 0.982. The number of aliphatic hydroxyl groups excluding tert-OH is 1. The van der Waals surface area contributed by atoms with Gasteiger partial charge in [0, 0.05) is 11.6 Å². The summed E-state index contributed by atoms with van der Waals surface area (Å²) in [5.74, 6) is 3.40. The molecule has 5 nitrogen and oxygen atoms in total. The van der Waals surface area contributed by atoms with Gasteiger partial charge in [0.1, 0.15) is 5.75 Å². The number of amides is 2. The van der Waals surface area contributed by atoms with Crippen molar-refractivity contribution in [2.45, 2.75) is 88.5 Å². The van der Waals surface area contributed by atoms with Crippen molar-refractivity contribution >= 4 is 6.03 Å². The summed E-state index contributed by atoms with van der Waals surface area (Å²) in [6, 6.07) is 7.95. The number of nitrogens with one attached hydrogen (secondary N) is 2. The summed E-state index contributed by atoms with van der Waals surface area (Å²) in [7, 11) is 0. The summed E-state index contributed by atoms with van der Waals surface area (Å²) in [4.78, 5) is 12.8. The first-order valence-electron chi connectivity index (χ1n) is 11.5. The molecule has 2 amide bonds. The van der Waals surface area contributed by atoms with Crippen LogP contribution in [0.15, 0.2) is 24.3 Å². The van der Waals surface area contributed by atoms with Gasteiger partial charge in [-0.3, -0.25) is 0 Å². The van der Waals surface area contributed by atoms with Gasteiger partial charge in [0.05, 0.1) is 12.7 Å². The van der Waals surface area contributed by atoms with Gasteiger partial charge in [0.15, 0.2) is 0 Å². The van der Waals surface area contributed by atoms with E-state index in [-0.39, 0.29) is 30.3 Å². The molecule has 5 heteroatoms. The number of urea groups is 1. The molecule has 5 aliphatic carbocycles. The number of rotatable bonds is 5. The molecular formula is C24H34N2O3. The number of ether oxygens (including phenoxy) is 1. The molecule has 0 aromatic heterocycles. The van der Waals surface area contributed by atoms with E-state index in [2.05, 4.69) is 10.6 Å². The van der Waals surface area contributed by atoms with Crippen LogP contribution in [0, 0.1) is 17.8 Å². The Morgan fingerprint density at radius 1 is 0.966 bits per heavy atom. The third-order valence-corrected chi connectivity index (χ3v) is 7.84. The van der Waals surface area contributed by atoms with Crippen LogP contribution in [0.3, 0.4) is 0 Å². The van der Waals surface area contributed by atoms with E-state index in [4.69, 9.17) is 9.84 Å². The van der Waals surface area contributed by atoms with Crippen LogP contribution < -0.4 is 15.4 Å². The molecule has 0 unspecified atom stereocenters. The minimum absolute atomic E-state index is 0.0518. The molecule has 0 atom stereocenters. The van der Waals surface area contributed by atoms with Gasteiger partial charge in [-0.15, -0.1) is 0 Å². The van der Waals surface area contributed by atoms with Crippen LogP contribution in [0.1, 0.15) is 69.8 Å². The predicted octanol–water partition coefficient (Wildman–Crippen LogP) is 4.14. The van der Waals surface area contributed by atoms with E-state index in [1.165, 1.54) is 38.5 Å². The molecule has 5 fully saturated rings. The minimum Gasteiger partial charge on any atom is -0.490 e. The third kappa shape index (κ3) is 4.25. The molecule has 5 saturated carbocycles. The van der Waals surface area contributed by atoms with Gasteiger partial charge in [-0.2, -0.15) is 0 Å². The zero-order valence-electron chi connectivity index (χ0n) is 17.2. The zero-order valence-corrected chi connectivity index (χ0v) is 17.2. The van der Waals surface area contributed by atoms with Crippen molar-refractivity contribution in [1.82, 2.24) is 10.6 Å². The fourth-order valence-corrected chi connectivity index (χ4v) is 6.92. The lowest BCUT2D eigenvalue weighted by Gasteiger charge is -2.56. The van der Waals surface area contributed by atoms with E-state index in [9.17, 15) is 4.79 Å². The molecule has 0 saturated heterocycles. The second kappa shape index (κ2) is 7.82. The monoisotopic (exact) mass is 398 g/mol. The fraction of sp³-hybridized carbons (Fsp3) is 0.708. The number of carbonyl (C=O) groups excluding carboxylic acids is 1. The van der Waals surface area contributed by atoms with Crippen molar-refractivity contribution in [3.8, 4) is 5.75 Å². The van der Waals surface area contributed by atoms with Crippen LogP contribution >= 0.6 is 0 Å². The lowest BCUT2D eigenvalue weighted by molar-refractivity contribution is -0.0138. The fourth-order valence-electron chi connectivity index (χ4n) is 6.92. The topological polar surface area (TPSA) is 70.6 Å². The number of aliphatic hydroxyl groups is 1. The molecular weight excluding hydrogens is 364 g/mol. The van der Waals surface area contributed by atoms with Crippen molar-refractivity contribution in [1.29, 1.82) is 0 Å². The van der Waals surface area contributed by atoms with Gasteiger partial charge < -0.3 is 20.5 Å². The first-order chi connectivity index (χ1) is 14.1. The molecule has 0 spiro atoms. The lowest BCUT2D eigenvalue weighted by Crippen LogP contribution is -2.62. The quantitative estimate of drug-likeness (QED) is 0.698. The molecule has 1 aromatic rings. The Labute approximate surface area is 173 Å². The third-order valence-electron chi connectivity index (χ3n) is 7.84. The number of carbonyl (C=O) groups is 1. The second-order valence-electron chi connectivity index (χ2n) is 10.2. The second-order valence-corrected chi connectivity index (χ2v) is 10.2. The highest BCUT2D eigenvalue weighted by atomic mass is 16.5. The molecule has 0 heterocycles. The average molecular weight is 399 g/mol. The summed E-state index contributed by atoms with van der Waals surface area (Å²) in [6.07, 6.45) is 11.8. The summed E-state index contributed by atoms with van der Waals surface area (Å²) < 4.78 is 6.09. The minimum atomic E-state index is 0.0518. The van der Waals surface area contributed by atoms with E-state index < -0.39 is 0 Å². The average Bonchev–Trinajstić information content (AvgIpc) is 2.68. The van der Waals surface area contributed by atoms with Crippen molar-refractivity contribution in [3.05, 3.63) is 29.8 Å². The highest BCUT2D eigenvalue weighted by Crippen LogP contribution is 2.55. The Morgan fingerprint density at radius 2 is 1.55 bits per heavy atom. The zero-order chi connectivity index (χ0) is 19.8. The Bertz CT molecular complexity index is 689. The van der Waals surface area contributed by atoms with Gasteiger partial charge >= 0.3 is 6.03 Å². The van der Waals surface area contributed by atoms with Crippen LogP contribution in [-0.4, -0.2) is 28.8 Å². The van der Waals surface area contributed by atoms with E-state index in [1.807, 2.05) is 24.3 Å². The number of hydrogen-bond donors (Lipinski definition) is 3. The lowest BCUT2D eigenvalue weighted by atomic mass is 9.53. The largest absolute Gasteiger partial charge is 0.490 e. The maximum Gasteiger partial charge on any atom is 0.315 e. The van der Waals surface area contributed by atoms with Crippen LogP contribution in [0.2, 0.25) is 0 Å². The van der Waals surface area contributed by atoms with Crippen molar-refractivity contribution in [2.75, 3.05) is 0 Å². The van der Waals surface area contributed by atoms with Gasteiger partial charge in [0.25, 0.3) is 0 Å². The van der Waals surface area contributed by atoms with Gasteiger partial charge in [-0.25, -0.2) is 4.79 Å². The van der Waals surface area contributed by atoms with Crippen molar-refractivity contribution in [3.63, 3.8) is 0 Å². The number of hydrogen-bond acceptors (Lipinski definition) is 3. The molecule has 0 radical (unpaired) electrons. The highest BCUT2D eigenvalue weighted by molar-refractivity contribution is 5.75. The Morgan fingerprint density at radius 3 is 2.10 bits per heavy atom. The van der Waals surface area contributed by atoms with Crippen molar-refractivity contribution in [2.24, 2.45) is 17.8 Å². The Kier molecular flexibility index (Phi) is 5.19.